The molecule has 0 fully saturated rings. The summed E-state index contributed by atoms with van der Waals surface area (Å²) in [4.78, 5) is 29.3. The number of nitrogen functional groups attached to an aromatic ring is 1. The minimum absolute atomic E-state index is 0.0416. The fourth-order valence-corrected chi connectivity index (χ4v) is 6.37. The molecule has 2 aliphatic rings. The number of rotatable bonds is 9. The Balaban J connectivity index is 1.68. The maximum Gasteiger partial charge on any atom is 0.326 e. The van der Waals surface area contributed by atoms with Crippen LogP contribution in [-0.2, 0) is 39.0 Å². The number of carboxylic acids is 1. The Labute approximate surface area is 229 Å². The summed E-state index contributed by atoms with van der Waals surface area (Å²) < 4.78 is 29.8. The van der Waals surface area contributed by atoms with Crippen molar-refractivity contribution < 1.29 is 23.1 Å². The zero-order valence-corrected chi connectivity index (χ0v) is 23.0. The Hall–Kier alpha value is -3.54. The van der Waals surface area contributed by atoms with Crippen molar-refractivity contribution in [2.45, 2.75) is 56.1 Å². The van der Waals surface area contributed by atoms with Crippen LogP contribution in [-0.4, -0.2) is 73.3 Å². The van der Waals surface area contributed by atoms with Crippen LogP contribution in [0.1, 0.15) is 42.0 Å². The summed E-state index contributed by atoms with van der Waals surface area (Å²) in [7, 11) is -2.17. The molecule has 4 rings (SSSR count). The molecule has 1 amide bonds. The molecule has 0 spiro atoms. The van der Waals surface area contributed by atoms with E-state index in [-0.39, 0.29) is 30.1 Å². The van der Waals surface area contributed by atoms with E-state index in [2.05, 4.69) is 9.62 Å². The normalized spacial score (nSPS) is 18.7. The molecule has 10 nitrogen and oxygen atoms in total. The van der Waals surface area contributed by atoms with Gasteiger partial charge in [-0.2, -0.15) is 4.72 Å². The topological polar surface area (TPSA) is 157 Å². The minimum atomic E-state index is -4.14. The van der Waals surface area contributed by atoms with Crippen molar-refractivity contribution in [3.63, 3.8) is 0 Å². The number of hydrogen-bond donors (Lipinski definition) is 4. The summed E-state index contributed by atoms with van der Waals surface area (Å²) in [6, 6.07) is 9.32. The number of nitrogens with two attached hydrogens (primary N) is 1. The van der Waals surface area contributed by atoms with Gasteiger partial charge in [-0.1, -0.05) is 42.8 Å². The highest BCUT2D eigenvalue weighted by Gasteiger charge is 2.37. The molecule has 0 bridgehead atoms. The van der Waals surface area contributed by atoms with Gasteiger partial charge >= 0.3 is 5.97 Å². The van der Waals surface area contributed by atoms with Crippen LogP contribution in [0.5, 0.6) is 0 Å². The predicted molar refractivity (Wildman–Crippen MR) is 148 cm³/mol. The number of hydrogen-bond acceptors (Lipinski definition) is 6. The number of nitrogens with one attached hydrogen (secondary N) is 2. The lowest BCUT2D eigenvalue weighted by Crippen LogP contribution is -2.55. The standard InChI is InChI=1S/C28H35N5O5S/c1-3-18-9-12-33(25(15-18)28(35)36)27(34)24(14-19-5-4-6-21(13-19)26(29)30)31-39(37,38)23-8-7-20-10-11-32(2)17-22(20)16-23/h4-9,13,16,24-25,31H,3,10-12,14-15,17H2,1-2H3,(H3,29,30)(H,35,36)/t24-,25+/m0/s1. The highest BCUT2D eigenvalue weighted by Crippen LogP contribution is 2.25. The van der Waals surface area contributed by atoms with Gasteiger partial charge in [0, 0.05) is 25.2 Å². The number of benzene rings is 2. The first-order valence-corrected chi connectivity index (χ1v) is 14.4. The van der Waals surface area contributed by atoms with Gasteiger partial charge in [0.25, 0.3) is 0 Å². The molecule has 2 atom stereocenters. The zero-order valence-electron chi connectivity index (χ0n) is 22.2. The maximum atomic E-state index is 13.8. The largest absolute Gasteiger partial charge is 0.480 e. The highest BCUT2D eigenvalue weighted by molar-refractivity contribution is 7.89. The van der Waals surface area contributed by atoms with E-state index in [0.717, 1.165) is 29.7 Å². The fourth-order valence-electron chi connectivity index (χ4n) is 5.13. The van der Waals surface area contributed by atoms with E-state index in [1.165, 1.54) is 4.90 Å². The number of likely N-dealkylation sites (N-methyl/N-ethyl adjacent to an activating group) is 1. The van der Waals surface area contributed by atoms with E-state index in [4.69, 9.17) is 11.1 Å². The molecule has 39 heavy (non-hydrogen) atoms. The van der Waals surface area contributed by atoms with Gasteiger partial charge in [-0.05, 0) is 67.6 Å². The van der Waals surface area contributed by atoms with Crippen LogP contribution in [0.2, 0.25) is 0 Å². The second-order valence-electron chi connectivity index (χ2n) is 10.2. The van der Waals surface area contributed by atoms with Crippen molar-refractivity contribution in [2.24, 2.45) is 5.73 Å². The van der Waals surface area contributed by atoms with Crippen molar-refractivity contribution in [2.75, 3.05) is 20.1 Å². The second kappa shape index (κ2) is 11.7. The van der Waals surface area contributed by atoms with Crippen LogP contribution >= 0.6 is 0 Å². The van der Waals surface area contributed by atoms with Crippen LogP contribution in [0.4, 0.5) is 0 Å². The number of carbonyl (C=O) groups excluding carboxylic acids is 1. The SMILES string of the molecule is CCC1=CCN(C(=O)[C@H](Cc2cccc(C(=N)N)c2)NS(=O)(=O)c2ccc3c(c2)CN(C)CC3)[C@@H](C(=O)O)C1. The van der Waals surface area contributed by atoms with Crippen LogP contribution < -0.4 is 10.5 Å². The number of fused-ring (bicyclic) bond motifs is 1. The molecule has 0 radical (unpaired) electrons. The Bertz CT molecular complexity index is 1420. The molecule has 208 valence electrons. The maximum absolute atomic E-state index is 13.8. The molecule has 2 aromatic rings. The van der Waals surface area contributed by atoms with Crippen molar-refractivity contribution in [1.29, 1.82) is 5.41 Å². The third-order valence-electron chi connectivity index (χ3n) is 7.40. The monoisotopic (exact) mass is 553 g/mol. The van der Waals surface area contributed by atoms with Crippen LogP contribution in [0.25, 0.3) is 0 Å². The average Bonchev–Trinajstić information content (AvgIpc) is 2.91. The second-order valence-corrected chi connectivity index (χ2v) is 11.9. The quantitative estimate of drug-likeness (QED) is 0.210. The van der Waals surface area contributed by atoms with Gasteiger partial charge in [-0.15, -0.1) is 0 Å². The van der Waals surface area contributed by atoms with E-state index in [1.807, 2.05) is 26.1 Å². The van der Waals surface area contributed by atoms with Crippen LogP contribution in [0.15, 0.2) is 59.0 Å². The first kappa shape index (κ1) is 28.5. The molecule has 0 saturated heterocycles. The molecular formula is C28H35N5O5S. The van der Waals surface area contributed by atoms with Crippen molar-refractivity contribution in [3.8, 4) is 0 Å². The number of amidine groups is 1. The van der Waals surface area contributed by atoms with Crippen LogP contribution in [0.3, 0.4) is 0 Å². The van der Waals surface area contributed by atoms with Gasteiger partial charge in [-0.25, -0.2) is 13.2 Å². The third-order valence-corrected chi connectivity index (χ3v) is 8.86. The molecule has 5 N–H and O–H groups in total. The van der Waals surface area contributed by atoms with Crippen molar-refractivity contribution in [3.05, 3.63) is 76.4 Å². The molecule has 2 aromatic carbocycles. The molecule has 0 unspecified atom stereocenters. The summed E-state index contributed by atoms with van der Waals surface area (Å²) >= 11 is 0. The van der Waals surface area contributed by atoms with E-state index >= 15 is 0 Å². The average molecular weight is 554 g/mol. The number of amides is 1. The Kier molecular flexibility index (Phi) is 8.53. The molecule has 0 saturated carbocycles. The van der Waals surface area contributed by atoms with E-state index < -0.39 is 34.0 Å². The highest BCUT2D eigenvalue weighted by atomic mass is 32.2. The van der Waals surface area contributed by atoms with E-state index in [1.54, 1.807) is 36.4 Å². The summed E-state index contributed by atoms with van der Waals surface area (Å²) in [6.07, 6.45) is 3.48. The van der Waals surface area contributed by atoms with E-state index in [0.29, 0.717) is 24.1 Å². The van der Waals surface area contributed by atoms with E-state index in [9.17, 15) is 23.1 Å². The lowest BCUT2D eigenvalue weighted by molar-refractivity contribution is -0.150. The first-order valence-electron chi connectivity index (χ1n) is 13.0. The number of carboxylic acid groups (broad SMARTS) is 1. The van der Waals surface area contributed by atoms with Crippen molar-refractivity contribution in [1.82, 2.24) is 14.5 Å². The molecular weight excluding hydrogens is 518 g/mol. The molecule has 2 heterocycles. The number of nitrogens with zero attached hydrogens (tertiary/aromatic N) is 2. The molecule has 0 aliphatic carbocycles. The Morgan fingerprint density at radius 3 is 2.67 bits per heavy atom. The van der Waals surface area contributed by atoms with Gasteiger partial charge in [0.1, 0.15) is 17.9 Å². The Morgan fingerprint density at radius 2 is 1.97 bits per heavy atom. The minimum Gasteiger partial charge on any atom is -0.480 e. The molecule has 2 aliphatic heterocycles. The van der Waals surface area contributed by atoms with Gasteiger partial charge in [-0.3, -0.25) is 10.2 Å². The van der Waals surface area contributed by atoms with Gasteiger partial charge < -0.3 is 20.6 Å². The number of sulfonamides is 1. The summed E-state index contributed by atoms with van der Waals surface area (Å²) in [5.74, 6) is -1.91. The summed E-state index contributed by atoms with van der Waals surface area (Å²) in [6.45, 7) is 3.52. The van der Waals surface area contributed by atoms with Crippen LogP contribution in [0, 0.1) is 5.41 Å². The Morgan fingerprint density at radius 1 is 1.21 bits per heavy atom. The lowest BCUT2D eigenvalue weighted by Gasteiger charge is -2.35. The van der Waals surface area contributed by atoms with Gasteiger partial charge in [0.15, 0.2) is 0 Å². The molecule has 11 heteroatoms. The van der Waals surface area contributed by atoms with Gasteiger partial charge in [0.2, 0.25) is 15.9 Å². The predicted octanol–water partition coefficient (Wildman–Crippen LogP) is 1.87. The summed E-state index contributed by atoms with van der Waals surface area (Å²) in [5, 5.41) is 17.6. The summed E-state index contributed by atoms with van der Waals surface area (Å²) in [5.41, 5.74) is 9.62. The number of aliphatic carboxylic acids is 1. The lowest BCUT2D eigenvalue weighted by atomic mass is 9.96. The molecule has 0 aromatic heterocycles. The smallest absolute Gasteiger partial charge is 0.326 e. The number of carbonyl (C=O) groups is 2. The third kappa shape index (κ3) is 6.55. The van der Waals surface area contributed by atoms with Gasteiger partial charge in [0.05, 0.1) is 4.90 Å². The fraction of sp³-hybridized carbons (Fsp3) is 0.393. The van der Waals surface area contributed by atoms with Crippen molar-refractivity contribution >= 4 is 27.7 Å². The first-order chi connectivity index (χ1) is 18.5. The zero-order chi connectivity index (χ0) is 28.3.